The van der Waals surface area contributed by atoms with Gasteiger partial charge < -0.3 is 10.2 Å². The minimum absolute atomic E-state index is 0.0423. The molecule has 1 aromatic carbocycles. The van der Waals surface area contributed by atoms with Crippen LogP contribution < -0.4 is 5.32 Å². The molecular weight excluding hydrogens is 350 g/mol. The topological polar surface area (TPSA) is 62.3 Å². The highest BCUT2D eigenvalue weighted by Gasteiger charge is 2.28. The molecule has 1 aromatic heterocycles. The third kappa shape index (κ3) is 4.22. The summed E-state index contributed by atoms with van der Waals surface area (Å²) in [6.07, 6.45) is 2.80. The number of carbonyl (C=O) groups excluding carboxylic acids is 2. The lowest BCUT2D eigenvalue weighted by molar-refractivity contribution is -0.121. The van der Waals surface area contributed by atoms with Gasteiger partial charge in [0.25, 0.3) is 5.91 Å². The fourth-order valence-electron chi connectivity index (χ4n) is 3.25. The van der Waals surface area contributed by atoms with Crippen molar-refractivity contribution in [1.82, 2.24) is 9.88 Å². The van der Waals surface area contributed by atoms with Gasteiger partial charge in [-0.1, -0.05) is 29.3 Å². The molecule has 2 amide bonds. The predicted molar refractivity (Wildman–Crippen MR) is 102 cm³/mol. The number of halogens is 1. The van der Waals surface area contributed by atoms with E-state index in [1.54, 1.807) is 12.1 Å². The summed E-state index contributed by atoms with van der Waals surface area (Å²) < 4.78 is 0. The molecule has 0 unspecified atom stereocenters. The molecule has 1 N–H and O–H groups in total. The highest BCUT2D eigenvalue weighted by atomic mass is 35.5. The van der Waals surface area contributed by atoms with E-state index in [0.29, 0.717) is 36.8 Å². The largest absolute Gasteiger partial charge is 0.339 e. The molecule has 26 heavy (non-hydrogen) atoms. The molecule has 0 bridgehead atoms. The first-order valence-corrected chi connectivity index (χ1v) is 9.11. The Morgan fingerprint density at radius 2 is 1.88 bits per heavy atom. The van der Waals surface area contributed by atoms with E-state index in [2.05, 4.69) is 10.3 Å². The summed E-state index contributed by atoms with van der Waals surface area (Å²) in [6, 6.07) is 9.23. The second-order valence-electron chi connectivity index (χ2n) is 6.74. The molecule has 0 spiro atoms. The first-order valence-electron chi connectivity index (χ1n) is 8.73. The number of carbonyl (C=O) groups is 2. The van der Waals surface area contributed by atoms with E-state index >= 15 is 0 Å². The average Bonchev–Trinajstić information content (AvgIpc) is 2.63. The van der Waals surface area contributed by atoms with E-state index in [9.17, 15) is 9.59 Å². The molecular formula is C20H22ClN3O2. The summed E-state index contributed by atoms with van der Waals surface area (Å²) in [7, 11) is 0. The van der Waals surface area contributed by atoms with Crippen molar-refractivity contribution >= 4 is 29.2 Å². The molecule has 2 heterocycles. The van der Waals surface area contributed by atoms with Crippen molar-refractivity contribution in [1.29, 1.82) is 0 Å². The van der Waals surface area contributed by atoms with Crippen LogP contribution in [0.3, 0.4) is 0 Å². The van der Waals surface area contributed by atoms with Crippen LogP contribution in [-0.4, -0.2) is 34.8 Å². The van der Waals surface area contributed by atoms with Gasteiger partial charge in [-0.15, -0.1) is 0 Å². The van der Waals surface area contributed by atoms with Crippen molar-refractivity contribution in [2.45, 2.75) is 26.7 Å². The van der Waals surface area contributed by atoms with Gasteiger partial charge in [0.2, 0.25) is 5.91 Å². The summed E-state index contributed by atoms with van der Waals surface area (Å²) in [5.74, 6) is 0.364. The molecule has 0 saturated carbocycles. The van der Waals surface area contributed by atoms with E-state index in [1.807, 2.05) is 36.9 Å². The summed E-state index contributed by atoms with van der Waals surface area (Å²) in [5.41, 5.74) is 2.87. The molecule has 5 nitrogen and oxygen atoms in total. The number of likely N-dealkylation sites (tertiary alicyclic amines) is 1. The number of hydrogen-bond acceptors (Lipinski definition) is 3. The highest BCUT2D eigenvalue weighted by Crippen LogP contribution is 2.22. The van der Waals surface area contributed by atoms with Crippen molar-refractivity contribution in [3.63, 3.8) is 0 Å². The average molecular weight is 372 g/mol. The maximum Gasteiger partial charge on any atom is 0.254 e. The van der Waals surface area contributed by atoms with Gasteiger partial charge in [0.05, 0.1) is 5.02 Å². The third-order valence-corrected chi connectivity index (χ3v) is 4.97. The van der Waals surface area contributed by atoms with Gasteiger partial charge in [0, 0.05) is 30.8 Å². The number of piperidine rings is 1. The van der Waals surface area contributed by atoms with Gasteiger partial charge in [-0.2, -0.15) is 0 Å². The second kappa shape index (κ2) is 7.87. The van der Waals surface area contributed by atoms with Crippen LogP contribution in [0.4, 0.5) is 5.82 Å². The first kappa shape index (κ1) is 18.4. The minimum atomic E-state index is -0.115. The number of aromatic nitrogens is 1. The van der Waals surface area contributed by atoms with Gasteiger partial charge in [-0.25, -0.2) is 4.98 Å². The van der Waals surface area contributed by atoms with Gasteiger partial charge in [0.1, 0.15) is 5.82 Å². The number of rotatable bonds is 3. The number of nitrogens with one attached hydrogen (secondary N) is 1. The lowest BCUT2D eigenvalue weighted by atomic mass is 9.95. The standard InChI is InChI=1S/C20H22ClN3O2/c1-13-3-5-17(14(2)11-13)20(26)24-9-7-15(8-10-24)19(25)23-18-6-4-16(21)12-22-18/h3-6,11-12,15H,7-10H2,1-2H3,(H,22,23,25). The highest BCUT2D eigenvalue weighted by molar-refractivity contribution is 6.30. The minimum Gasteiger partial charge on any atom is -0.339 e. The van der Waals surface area contributed by atoms with Gasteiger partial charge in [0.15, 0.2) is 0 Å². The second-order valence-corrected chi connectivity index (χ2v) is 7.17. The molecule has 1 aliphatic rings. The normalized spacial score (nSPS) is 15.0. The fourth-order valence-corrected chi connectivity index (χ4v) is 3.36. The van der Waals surface area contributed by atoms with Crippen LogP contribution in [0.15, 0.2) is 36.5 Å². The summed E-state index contributed by atoms with van der Waals surface area (Å²) in [5, 5.41) is 3.35. The van der Waals surface area contributed by atoms with E-state index in [1.165, 1.54) is 6.20 Å². The molecule has 136 valence electrons. The molecule has 1 saturated heterocycles. The van der Waals surface area contributed by atoms with Crippen molar-refractivity contribution < 1.29 is 9.59 Å². The Hall–Kier alpha value is -2.40. The Bertz CT molecular complexity index is 812. The van der Waals surface area contributed by atoms with Crippen LogP contribution in [0.5, 0.6) is 0 Å². The zero-order valence-electron chi connectivity index (χ0n) is 15.0. The fraction of sp³-hybridized carbons (Fsp3) is 0.350. The Labute approximate surface area is 158 Å². The lowest BCUT2D eigenvalue weighted by Crippen LogP contribution is -2.41. The van der Waals surface area contributed by atoms with Crippen LogP contribution in [-0.2, 0) is 4.79 Å². The van der Waals surface area contributed by atoms with Crippen LogP contribution in [0.2, 0.25) is 5.02 Å². The monoisotopic (exact) mass is 371 g/mol. The summed E-state index contributed by atoms with van der Waals surface area (Å²) in [6.45, 7) is 5.14. The summed E-state index contributed by atoms with van der Waals surface area (Å²) in [4.78, 5) is 31.1. The van der Waals surface area contributed by atoms with Gasteiger partial charge in [-0.3, -0.25) is 9.59 Å². The maximum atomic E-state index is 12.7. The van der Waals surface area contributed by atoms with Crippen molar-refractivity contribution in [2.75, 3.05) is 18.4 Å². The molecule has 6 heteroatoms. The van der Waals surface area contributed by atoms with E-state index in [-0.39, 0.29) is 17.7 Å². The zero-order chi connectivity index (χ0) is 18.7. The van der Waals surface area contributed by atoms with Gasteiger partial charge in [-0.05, 0) is 50.5 Å². The number of amides is 2. The molecule has 0 radical (unpaired) electrons. The third-order valence-electron chi connectivity index (χ3n) is 4.74. The number of nitrogens with zero attached hydrogens (tertiary/aromatic N) is 2. The van der Waals surface area contributed by atoms with E-state index in [4.69, 9.17) is 11.6 Å². The number of benzene rings is 1. The van der Waals surface area contributed by atoms with Crippen LogP contribution in [0.25, 0.3) is 0 Å². The van der Waals surface area contributed by atoms with Crippen LogP contribution >= 0.6 is 11.6 Å². The number of hydrogen-bond donors (Lipinski definition) is 1. The number of pyridine rings is 1. The molecule has 0 atom stereocenters. The Balaban J connectivity index is 1.57. The van der Waals surface area contributed by atoms with E-state index < -0.39 is 0 Å². The van der Waals surface area contributed by atoms with Crippen molar-refractivity contribution in [3.8, 4) is 0 Å². The lowest BCUT2D eigenvalue weighted by Gasteiger charge is -2.31. The molecule has 3 rings (SSSR count). The smallest absolute Gasteiger partial charge is 0.254 e. The predicted octanol–water partition coefficient (Wildman–Crippen LogP) is 3.84. The molecule has 2 aromatic rings. The van der Waals surface area contributed by atoms with E-state index in [0.717, 1.165) is 16.7 Å². The van der Waals surface area contributed by atoms with Gasteiger partial charge >= 0.3 is 0 Å². The first-order chi connectivity index (χ1) is 12.4. The Morgan fingerprint density at radius 1 is 1.15 bits per heavy atom. The number of anilines is 1. The molecule has 1 aliphatic heterocycles. The van der Waals surface area contributed by atoms with Crippen molar-refractivity contribution in [3.05, 3.63) is 58.2 Å². The van der Waals surface area contributed by atoms with Crippen LogP contribution in [0.1, 0.15) is 34.3 Å². The maximum absolute atomic E-state index is 12.7. The van der Waals surface area contributed by atoms with Crippen molar-refractivity contribution in [2.24, 2.45) is 5.92 Å². The Morgan fingerprint density at radius 3 is 2.50 bits per heavy atom. The SMILES string of the molecule is Cc1ccc(C(=O)N2CCC(C(=O)Nc3ccc(Cl)cn3)CC2)c(C)c1. The molecule has 1 fully saturated rings. The quantitative estimate of drug-likeness (QED) is 0.891. The van der Waals surface area contributed by atoms with Crippen LogP contribution in [0, 0.1) is 19.8 Å². The Kier molecular flexibility index (Phi) is 5.57. The summed E-state index contributed by atoms with van der Waals surface area (Å²) >= 11 is 5.80. The zero-order valence-corrected chi connectivity index (χ0v) is 15.7. The number of aryl methyl sites for hydroxylation is 2. The molecule has 0 aliphatic carbocycles.